The summed E-state index contributed by atoms with van der Waals surface area (Å²) in [6.45, 7) is 6.44. The summed E-state index contributed by atoms with van der Waals surface area (Å²) >= 11 is 0. The lowest BCUT2D eigenvalue weighted by Gasteiger charge is -2.19. The van der Waals surface area contributed by atoms with E-state index in [-0.39, 0.29) is 5.91 Å². The van der Waals surface area contributed by atoms with Crippen LogP contribution in [0.1, 0.15) is 52.0 Å². The van der Waals surface area contributed by atoms with Gasteiger partial charge in [0, 0.05) is 24.1 Å². The fourth-order valence-corrected chi connectivity index (χ4v) is 2.54. The molecule has 0 saturated carbocycles. The van der Waals surface area contributed by atoms with Gasteiger partial charge in [-0.2, -0.15) is 5.10 Å². The highest BCUT2D eigenvalue weighted by Crippen LogP contribution is 2.24. The maximum absolute atomic E-state index is 11.8. The quantitative estimate of drug-likeness (QED) is 0.405. The molecule has 1 heterocycles. The number of rotatable bonds is 8. The van der Waals surface area contributed by atoms with Crippen LogP contribution in [0.2, 0.25) is 0 Å². The number of hydrazone groups is 1. The average Bonchev–Trinajstić information content (AvgIpc) is 2.63. The Morgan fingerprint density at radius 2 is 2.00 bits per heavy atom. The number of benzene rings is 1. The van der Waals surface area contributed by atoms with E-state index < -0.39 is 11.7 Å². The standard InChI is InChI=1S/C21H29N3O4/c1-21(2,3)28-20(26)22-12-8-4-5-11-19(25)24-23-14-16-13-17-9-6-7-10-18(17)27-15-16/h6-7,9-10,13-14H,4-5,8,11-12,15H2,1-3H3,(H,22,26)(H,24,25). The van der Waals surface area contributed by atoms with Crippen LogP contribution in [0.5, 0.6) is 5.75 Å². The first-order valence-corrected chi connectivity index (χ1v) is 9.55. The maximum atomic E-state index is 11.8. The van der Waals surface area contributed by atoms with Gasteiger partial charge in [-0.05, 0) is 45.8 Å². The zero-order chi connectivity index (χ0) is 20.4. The Hall–Kier alpha value is -2.83. The molecule has 0 aromatic heterocycles. The van der Waals surface area contributed by atoms with Gasteiger partial charge in [-0.15, -0.1) is 0 Å². The number of nitrogens with one attached hydrogen (secondary N) is 2. The van der Waals surface area contributed by atoms with Crippen molar-refractivity contribution in [2.45, 2.75) is 52.1 Å². The van der Waals surface area contributed by atoms with Crippen LogP contribution in [0.15, 0.2) is 34.9 Å². The van der Waals surface area contributed by atoms with Crippen LogP contribution in [-0.2, 0) is 9.53 Å². The highest BCUT2D eigenvalue weighted by Gasteiger charge is 2.15. The molecule has 0 aliphatic carbocycles. The summed E-state index contributed by atoms with van der Waals surface area (Å²) in [6.07, 6.45) is 5.94. The summed E-state index contributed by atoms with van der Waals surface area (Å²) in [5.74, 6) is 0.721. The van der Waals surface area contributed by atoms with Gasteiger partial charge in [0.25, 0.3) is 0 Å². The molecule has 1 aliphatic heterocycles. The third-order valence-electron chi connectivity index (χ3n) is 3.82. The minimum atomic E-state index is -0.494. The number of para-hydroxylation sites is 1. The van der Waals surface area contributed by atoms with E-state index in [1.807, 2.05) is 51.1 Å². The number of ether oxygens (including phenoxy) is 2. The van der Waals surface area contributed by atoms with E-state index in [0.29, 0.717) is 19.6 Å². The van der Waals surface area contributed by atoms with E-state index in [1.54, 1.807) is 6.21 Å². The second-order valence-corrected chi connectivity index (χ2v) is 7.58. The largest absolute Gasteiger partial charge is 0.488 e. The van der Waals surface area contributed by atoms with E-state index in [0.717, 1.165) is 36.1 Å². The minimum absolute atomic E-state index is 0.130. The van der Waals surface area contributed by atoms with Gasteiger partial charge in [-0.3, -0.25) is 4.79 Å². The molecule has 0 fully saturated rings. The minimum Gasteiger partial charge on any atom is -0.488 e. The number of nitrogens with zero attached hydrogens (tertiary/aromatic N) is 1. The third-order valence-corrected chi connectivity index (χ3v) is 3.82. The molecule has 7 heteroatoms. The Morgan fingerprint density at radius 3 is 2.79 bits per heavy atom. The zero-order valence-electron chi connectivity index (χ0n) is 16.8. The van der Waals surface area contributed by atoms with Crippen molar-refractivity contribution in [1.82, 2.24) is 10.7 Å². The Balaban J connectivity index is 1.57. The molecule has 0 saturated heterocycles. The van der Waals surface area contributed by atoms with Crippen molar-refractivity contribution in [3.05, 3.63) is 35.4 Å². The molecule has 0 unspecified atom stereocenters. The molecular weight excluding hydrogens is 358 g/mol. The van der Waals surface area contributed by atoms with Crippen molar-refractivity contribution >= 4 is 24.3 Å². The number of hydrogen-bond donors (Lipinski definition) is 2. The summed E-state index contributed by atoms with van der Waals surface area (Å²) in [4.78, 5) is 23.3. The van der Waals surface area contributed by atoms with Gasteiger partial charge in [0.2, 0.25) is 5.91 Å². The molecular formula is C21H29N3O4. The van der Waals surface area contributed by atoms with Crippen LogP contribution >= 0.6 is 0 Å². The highest BCUT2D eigenvalue weighted by atomic mass is 16.6. The first-order chi connectivity index (χ1) is 13.3. The summed E-state index contributed by atoms with van der Waals surface area (Å²) in [5.41, 5.74) is 3.94. The van der Waals surface area contributed by atoms with Crippen LogP contribution in [0, 0.1) is 0 Å². The van der Waals surface area contributed by atoms with Crippen LogP contribution in [0.4, 0.5) is 4.79 Å². The second kappa shape index (κ2) is 10.5. The molecule has 1 aromatic carbocycles. The molecule has 1 aromatic rings. The van der Waals surface area contributed by atoms with Gasteiger partial charge in [-0.1, -0.05) is 24.6 Å². The van der Waals surface area contributed by atoms with Crippen molar-refractivity contribution in [1.29, 1.82) is 0 Å². The molecule has 0 radical (unpaired) electrons. The lowest BCUT2D eigenvalue weighted by atomic mass is 10.1. The van der Waals surface area contributed by atoms with Crippen molar-refractivity contribution < 1.29 is 19.1 Å². The lowest BCUT2D eigenvalue weighted by Crippen LogP contribution is -2.33. The molecule has 0 bridgehead atoms. The topological polar surface area (TPSA) is 89.0 Å². The highest BCUT2D eigenvalue weighted by molar-refractivity contribution is 5.88. The monoisotopic (exact) mass is 387 g/mol. The normalized spacial score (nSPS) is 13.3. The number of fused-ring (bicyclic) bond motifs is 1. The first kappa shape index (κ1) is 21.5. The molecule has 2 rings (SSSR count). The van der Waals surface area contributed by atoms with E-state index in [9.17, 15) is 9.59 Å². The van der Waals surface area contributed by atoms with E-state index in [1.165, 1.54) is 0 Å². The third kappa shape index (κ3) is 8.24. The van der Waals surface area contributed by atoms with Crippen LogP contribution < -0.4 is 15.5 Å². The molecule has 28 heavy (non-hydrogen) atoms. The SMILES string of the molecule is CC(C)(C)OC(=O)NCCCCCC(=O)NN=CC1=Cc2ccccc2OC1. The predicted molar refractivity (Wildman–Crippen MR) is 109 cm³/mol. The van der Waals surface area contributed by atoms with E-state index in [2.05, 4.69) is 15.8 Å². The van der Waals surface area contributed by atoms with Crippen molar-refractivity contribution in [2.75, 3.05) is 13.2 Å². The Morgan fingerprint density at radius 1 is 1.21 bits per heavy atom. The summed E-state index contributed by atoms with van der Waals surface area (Å²) in [5, 5.41) is 6.70. The summed E-state index contributed by atoms with van der Waals surface area (Å²) in [6, 6.07) is 7.77. The Labute approximate surface area is 166 Å². The number of hydrogen-bond acceptors (Lipinski definition) is 5. The molecule has 2 amide bonds. The Bertz CT molecular complexity index is 735. The fourth-order valence-electron chi connectivity index (χ4n) is 2.54. The molecule has 0 atom stereocenters. The van der Waals surface area contributed by atoms with Gasteiger partial charge in [0.15, 0.2) is 0 Å². The average molecular weight is 387 g/mol. The van der Waals surface area contributed by atoms with Crippen molar-refractivity contribution in [3.8, 4) is 5.75 Å². The number of carbonyl (C=O) groups is 2. The van der Waals surface area contributed by atoms with Crippen LogP contribution in [0.3, 0.4) is 0 Å². The molecule has 2 N–H and O–H groups in total. The molecule has 7 nitrogen and oxygen atoms in total. The predicted octanol–water partition coefficient (Wildman–Crippen LogP) is 3.65. The molecule has 1 aliphatic rings. The first-order valence-electron chi connectivity index (χ1n) is 9.55. The number of unbranched alkanes of at least 4 members (excludes halogenated alkanes) is 2. The van der Waals surface area contributed by atoms with Gasteiger partial charge in [-0.25, -0.2) is 10.2 Å². The molecule has 0 spiro atoms. The van der Waals surface area contributed by atoms with Crippen molar-refractivity contribution in [3.63, 3.8) is 0 Å². The Kier molecular flexibility index (Phi) is 8.04. The van der Waals surface area contributed by atoms with Gasteiger partial charge in [0.05, 0.1) is 6.21 Å². The lowest BCUT2D eigenvalue weighted by molar-refractivity contribution is -0.121. The fraction of sp³-hybridized carbons (Fsp3) is 0.476. The number of carbonyl (C=O) groups excluding carboxylic acids is 2. The van der Waals surface area contributed by atoms with Crippen LogP contribution in [-0.4, -0.2) is 37.0 Å². The maximum Gasteiger partial charge on any atom is 0.407 e. The summed E-state index contributed by atoms with van der Waals surface area (Å²) < 4.78 is 10.8. The zero-order valence-corrected chi connectivity index (χ0v) is 16.8. The van der Waals surface area contributed by atoms with Crippen LogP contribution in [0.25, 0.3) is 6.08 Å². The van der Waals surface area contributed by atoms with Gasteiger partial charge < -0.3 is 14.8 Å². The van der Waals surface area contributed by atoms with Gasteiger partial charge >= 0.3 is 6.09 Å². The smallest absolute Gasteiger partial charge is 0.407 e. The second-order valence-electron chi connectivity index (χ2n) is 7.58. The molecule has 152 valence electrons. The van der Waals surface area contributed by atoms with E-state index >= 15 is 0 Å². The van der Waals surface area contributed by atoms with E-state index in [4.69, 9.17) is 9.47 Å². The number of alkyl carbamates (subject to hydrolysis) is 1. The summed E-state index contributed by atoms with van der Waals surface area (Å²) in [7, 11) is 0. The van der Waals surface area contributed by atoms with Crippen molar-refractivity contribution in [2.24, 2.45) is 5.10 Å². The van der Waals surface area contributed by atoms with Gasteiger partial charge in [0.1, 0.15) is 18.0 Å². The number of amides is 2.